The predicted octanol–water partition coefficient (Wildman–Crippen LogP) is 4.77. The fourth-order valence-corrected chi connectivity index (χ4v) is 4.34. The van der Waals surface area contributed by atoms with Crippen molar-refractivity contribution in [1.82, 2.24) is 0 Å². The first-order valence-corrected chi connectivity index (χ1v) is 9.95. The summed E-state index contributed by atoms with van der Waals surface area (Å²) in [6.07, 6.45) is 2.05. The van der Waals surface area contributed by atoms with Crippen LogP contribution in [0.3, 0.4) is 0 Å². The van der Waals surface area contributed by atoms with Gasteiger partial charge in [-0.2, -0.15) is 0 Å². The number of carbonyl (C=O) groups excluding carboxylic acids is 3. The minimum Gasteiger partial charge on any atom is -0.510 e. The van der Waals surface area contributed by atoms with Crippen molar-refractivity contribution in [1.29, 1.82) is 0 Å². The molecule has 1 aliphatic carbocycles. The van der Waals surface area contributed by atoms with E-state index >= 15 is 0 Å². The van der Waals surface area contributed by atoms with E-state index in [-0.39, 0.29) is 29.3 Å². The molecule has 146 valence electrons. The molecule has 4 nitrogen and oxygen atoms in total. The van der Waals surface area contributed by atoms with Crippen molar-refractivity contribution in [2.45, 2.75) is 66.2 Å². The minimum absolute atomic E-state index is 0.135. The summed E-state index contributed by atoms with van der Waals surface area (Å²) in [5.41, 5.74) is -1.49. The Labute approximate surface area is 161 Å². The zero-order valence-corrected chi connectivity index (χ0v) is 16.8. The van der Waals surface area contributed by atoms with Crippen LogP contribution in [0.25, 0.3) is 0 Å². The molecule has 1 aromatic rings. The second-order valence-electron chi connectivity index (χ2n) is 7.37. The van der Waals surface area contributed by atoms with Gasteiger partial charge in [0.15, 0.2) is 17.3 Å². The van der Waals surface area contributed by atoms with Crippen molar-refractivity contribution in [3.8, 4) is 0 Å². The van der Waals surface area contributed by atoms with Crippen molar-refractivity contribution >= 4 is 17.3 Å². The average molecular weight is 370 g/mol. The number of aliphatic hydroxyl groups is 1. The van der Waals surface area contributed by atoms with E-state index in [0.717, 1.165) is 5.56 Å². The lowest BCUT2D eigenvalue weighted by Crippen LogP contribution is -2.54. The number of carbonyl (C=O) groups is 3. The number of hydrogen-bond donors (Lipinski definition) is 1. The molecule has 1 N–H and O–H groups in total. The van der Waals surface area contributed by atoms with Crippen molar-refractivity contribution in [3.63, 3.8) is 0 Å². The highest BCUT2D eigenvalue weighted by atomic mass is 16.3. The van der Waals surface area contributed by atoms with Crippen molar-refractivity contribution in [2.75, 3.05) is 0 Å². The molecule has 0 fully saturated rings. The van der Waals surface area contributed by atoms with E-state index in [0.29, 0.717) is 32.1 Å². The summed E-state index contributed by atoms with van der Waals surface area (Å²) in [7, 11) is 0. The minimum atomic E-state index is -1.21. The van der Waals surface area contributed by atoms with Crippen LogP contribution in [0.2, 0.25) is 0 Å². The smallest absolute Gasteiger partial charge is 0.183 e. The Hall–Kier alpha value is -2.23. The molecule has 0 amide bonds. The first-order valence-electron chi connectivity index (χ1n) is 9.95. The predicted molar refractivity (Wildman–Crippen MR) is 105 cm³/mol. The van der Waals surface area contributed by atoms with Crippen LogP contribution in [-0.2, 0) is 20.8 Å². The molecule has 4 heteroatoms. The second kappa shape index (κ2) is 8.20. The third-order valence-corrected chi connectivity index (χ3v) is 6.40. The molecule has 0 saturated heterocycles. The molecule has 27 heavy (non-hydrogen) atoms. The van der Waals surface area contributed by atoms with Crippen LogP contribution in [-0.4, -0.2) is 22.5 Å². The van der Waals surface area contributed by atoms with Crippen LogP contribution in [0.1, 0.15) is 65.4 Å². The Morgan fingerprint density at radius 3 is 1.89 bits per heavy atom. The summed E-state index contributed by atoms with van der Waals surface area (Å²) in [4.78, 5) is 39.6. The molecule has 0 atom stereocenters. The van der Waals surface area contributed by atoms with Crippen LogP contribution in [0.15, 0.2) is 41.7 Å². The molecule has 0 bridgehead atoms. The van der Waals surface area contributed by atoms with Gasteiger partial charge >= 0.3 is 0 Å². The van der Waals surface area contributed by atoms with Crippen LogP contribution in [0, 0.1) is 10.8 Å². The Bertz CT molecular complexity index is 750. The van der Waals surface area contributed by atoms with Gasteiger partial charge in [-0.3, -0.25) is 14.4 Å². The molecule has 0 spiro atoms. The van der Waals surface area contributed by atoms with Crippen molar-refractivity contribution in [2.24, 2.45) is 10.8 Å². The molecule has 0 heterocycles. The fraction of sp³-hybridized carbons (Fsp3) is 0.522. The Balaban J connectivity index is 2.50. The summed E-state index contributed by atoms with van der Waals surface area (Å²) in [5, 5.41) is 10.9. The lowest BCUT2D eigenvalue weighted by molar-refractivity contribution is -0.150. The van der Waals surface area contributed by atoms with Gasteiger partial charge in [0, 0.05) is 6.42 Å². The van der Waals surface area contributed by atoms with Gasteiger partial charge in [0.1, 0.15) is 11.3 Å². The number of Topliss-reactive ketones (excluding diaryl/α,β-unsaturated/α-hetero) is 3. The second-order valence-corrected chi connectivity index (χ2v) is 7.37. The number of rotatable bonds is 8. The van der Waals surface area contributed by atoms with E-state index in [1.807, 2.05) is 58.0 Å². The summed E-state index contributed by atoms with van der Waals surface area (Å²) >= 11 is 0. The van der Waals surface area contributed by atoms with Gasteiger partial charge in [0.25, 0.3) is 0 Å². The quantitative estimate of drug-likeness (QED) is 0.529. The van der Waals surface area contributed by atoms with Gasteiger partial charge in [-0.25, -0.2) is 0 Å². The SMILES string of the molecule is CCC1(CC)C(=O)C(C(=O)CCc2ccccc2)=C(O)C(CC)(CC)C1=O. The number of aliphatic hydroxyl groups excluding tert-OH is 1. The van der Waals surface area contributed by atoms with Gasteiger partial charge in [-0.05, 0) is 37.7 Å². The maximum atomic E-state index is 13.3. The molecule has 1 aromatic carbocycles. The monoisotopic (exact) mass is 370 g/mol. The molecule has 0 unspecified atom stereocenters. The van der Waals surface area contributed by atoms with Crippen LogP contribution in [0.4, 0.5) is 0 Å². The number of benzene rings is 1. The molecule has 0 radical (unpaired) electrons. The standard InChI is InChI=1S/C23H30O4/c1-5-22(6-2)19(25)18(20(26)23(7-3,8-4)21(22)27)17(24)15-14-16-12-10-9-11-13-16/h9-13,25H,5-8,14-15H2,1-4H3. The van der Waals surface area contributed by atoms with Crippen LogP contribution >= 0.6 is 0 Å². The summed E-state index contributed by atoms with van der Waals surface area (Å²) < 4.78 is 0. The number of ketones is 3. The Morgan fingerprint density at radius 1 is 0.889 bits per heavy atom. The number of aryl methyl sites for hydroxylation is 1. The Kier molecular flexibility index (Phi) is 6.40. The lowest BCUT2D eigenvalue weighted by Gasteiger charge is -2.44. The molecule has 2 rings (SSSR count). The molecule has 0 saturated carbocycles. The molecular formula is C23H30O4. The summed E-state index contributed by atoms with van der Waals surface area (Å²) in [6.45, 7) is 7.28. The van der Waals surface area contributed by atoms with Gasteiger partial charge in [-0.15, -0.1) is 0 Å². The topological polar surface area (TPSA) is 71.4 Å². The third-order valence-electron chi connectivity index (χ3n) is 6.40. The fourth-order valence-electron chi connectivity index (χ4n) is 4.34. The van der Waals surface area contributed by atoms with E-state index in [2.05, 4.69) is 0 Å². The molecule has 0 aromatic heterocycles. The molecule has 0 aliphatic heterocycles. The van der Waals surface area contributed by atoms with E-state index < -0.39 is 16.6 Å². The third kappa shape index (κ3) is 3.26. The van der Waals surface area contributed by atoms with Gasteiger partial charge in [-0.1, -0.05) is 58.0 Å². The van der Waals surface area contributed by atoms with Crippen LogP contribution in [0.5, 0.6) is 0 Å². The maximum absolute atomic E-state index is 13.3. The van der Waals surface area contributed by atoms with Gasteiger partial charge in [0.2, 0.25) is 0 Å². The average Bonchev–Trinajstić information content (AvgIpc) is 2.69. The highest BCUT2D eigenvalue weighted by Crippen LogP contribution is 2.50. The van der Waals surface area contributed by atoms with Crippen molar-refractivity contribution < 1.29 is 19.5 Å². The van der Waals surface area contributed by atoms with E-state index in [1.165, 1.54) is 0 Å². The molecular weight excluding hydrogens is 340 g/mol. The van der Waals surface area contributed by atoms with Crippen LogP contribution < -0.4 is 0 Å². The zero-order chi connectivity index (χ0) is 20.2. The largest absolute Gasteiger partial charge is 0.510 e. The van der Waals surface area contributed by atoms with E-state index in [4.69, 9.17) is 0 Å². The van der Waals surface area contributed by atoms with E-state index in [1.54, 1.807) is 0 Å². The Morgan fingerprint density at radius 2 is 1.41 bits per heavy atom. The van der Waals surface area contributed by atoms with Gasteiger partial charge in [0.05, 0.1) is 10.8 Å². The van der Waals surface area contributed by atoms with Crippen molar-refractivity contribution in [3.05, 3.63) is 47.2 Å². The first kappa shape index (κ1) is 21.1. The molecule has 1 aliphatic rings. The highest BCUT2D eigenvalue weighted by molar-refractivity contribution is 6.31. The normalized spacial score (nSPS) is 18.7. The number of hydrogen-bond acceptors (Lipinski definition) is 4. The first-order chi connectivity index (χ1) is 12.8. The van der Waals surface area contributed by atoms with E-state index in [9.17, 15) is 19.5 Å². The number of allylic oxidation sites excluding steroid dienone is 2. The summed E-state index contributed by atoms with van der Waals surface area (Å²) in [6, 6.07) is 9.57. The maximum Gasteiger partial charge on any atom is 0.183 e. The van der Waals surface area contributed by atoms with Gasteiger partial charge < -0.3 is 5.11 Å². The lowest BCUT2D eigenvalue weighted by atomic mass is 9.56. The highest BCUT2D eigenvalue weighted by Gasteiger charge is 2.59. The zero-order valence-electron chi connectivity index (χ0n) is 16.8. The summed E-state index contributed by atoms with van der Waals surface area (Å²) in [5.74, 6) is -1.40.